The number of hydrogen-bond donors (Lipinski definition) is 3. The highest BCUT2D eigenvalue weighted by Gasteiger charge is 2.11. The van der Waals surface area contributed by atoms with Crippen molar-refractivity contribution in [2.75, 3.05) is 24.3 Å². The van der Waals surface area contributed by atoms with Crippen molar-refractivity contribution in [1.29, 1.82) is 0 Å². The summed E-state index contributed by atoms with van der Waals surface area (Å²) < 4.78 is 5.41. The molecule has 5 nitrogen and oxygen atoms in total. The van der Waals surface area contributed by atoms with Gasteiger partial charge in [0, 0.05) is 41.9 Å². The summed E-state index contributed by atoms with van der Waals surface area (Å²) in [4.78, 5) is 7.30. The molecule has 0 saturated heterocycles. The molecule has 0 fully saturated rings. The number of ether oxygens (including phenoxy) is 1. The second kappa shape index (κ2) is 8.64. The van der Waals surface area contributed by atoms with Crippen LogP contribution < -0.4 is 15.4 Å². The maximum atomic E-state index is 6.47. The first-order chi connectivity index (χ1) is 14.2. The zero-order valence-corrected chi connectivity index (χ0v) is 17.3. The standard InChI is InChI=1S/C22H20Cl2N4O/c1-29-20-4-2-3-17-14(13-27-21(17)20)5-10-26-22-18(23)11-16(12-19(22)24)28-15-6-8-25-9-7-15/h2-4,6-9,11-13,26-27H,5,10H2,1H3,(H,25,28). The number of H-pyrrole nitrogens is 1. The van der Waals surface area contributed by atoms with E-state index in [2.05, 4.69) is 26.7 Å². The molecule has 2 heterocycles. The number of halogens is 2. The van der Waals surface area contributed by atoms with E-state index in [1.807, 2.05) is 42.6 Å². The minimum atomic E-state index is 0.564. The maximum Gasteiger partial charge on any atom is 0.142 e. The fraction of sp³-hybridized carbons (Fsp3) is 0.136. The highest BCUT2D eigenvalue weighted by atomic mass is 35.5. The molecule has 4 rings (SSSR count). The quantitative estimate of drug-likeness (QED) is 0.325. The summed E-state index contributed by atoms with van der Waals surface area (Å²) >= 11 is 12.9. The highest BCUT2D eigenvalue weighted by molar-refractivity contribution is 6.39. The third kappa shape index (κ3) is 4.26. The van der Waals surface area contributed by atoms with Crippen LogP contribution in [0.1, 0.15) is 5.56 Å². The molecule has 0 bridgehead atoms. The van der Waals surface area contributed by atoms with Crippen LogP contribution in [0.5, 0.6) is 5.75 Å². The summed E-state index contributed by atoms with van der Waals surface area (Å²) in [5.74, 6) is 0.838. The summed E-state index contributed by atoms with van der Waals surface area (Å²) in [6.45, 7) is 0.695. The van der Waals surface area contributed by atoms with E-state index in [1.165, 1.54) is 5.56 Å². The van der Waals surface area contributed by atoms with Crippen LogP contribution in [-0.4, -0.2) is 23.6 Å². The Kier molecular flexibility index (Phi) is 5.79. The minimum absolute atomic E-state index is 0.564. The van der Waals surface area contributed by atoms with Gasteiger partial charge in [-0.05, 0) is 42.3 Å². The van der Waals surface area contributed by atoms with Crippen molar-refractivity contribution in [2.24, 2.45) is 0 Å². The summed E-state index contributed by atoms with van der Waals surface area (Å²) in [5, 5.41) is 8.91. The number of rotatable bonds is 7. The Morgan fingerprint density at radius 2 is 1.79 bits per heavy atom. The van der Waals surface area contributed by atoms with Crippen LogP contribution >= 0.6 is 23.2 Å². The molecular weight excluding hydrogens is 407 g/mol. The maximum absolute atomic E-state index is 6.47. The summed E-state index contributed by atoms with van der Waals surface area (Å²) in [6.07, 6.45) is 6.28. The molecule has 2 aromatic carbocycles. The number of para-hydroxylation sites is 1. The molecule has 0 saturated carbocycles. The SMILES string of the molecule is COc1cccc2c(CCNc3c(Cl)cc(Nc4ccncc4)cc3Cl)c[nH]c12. The monoisotopic (exact) mass is 426 g/mol. The van der Waals surface area contributed by atoms with Gasteiger partial charge in [-0.1, -0.05) is 35.3 Å². The van der Waals surface area contributed by atoms with E-state index >= 15 is 0 Å². The fourth-order valence-electron chi connectivity index (χ4n) is 3.30. The van der Waals surface area contributed by atoms with Crippen molar-refractivity contribution in [3.8, 4) is 5.75 Å². The lowest BCUT2D eigenvalue weighted by Gasteiger charge is -2.13. The molecule has 0 radical (unpaired) electrons. The molecule has 0 aliphatic heterocycles. The van der Waals surface area contributed by atoms with Gasteiger partial charge in [0.25, 0.3) is 0 Å². The molecule has 148 valence electrons. The molecule has 4 aromatic rings. The topological polar surface area (TPSA) is 62.0 Å². The van der Waals surface area contributed by atoms with Gasteiger partial charge in [0.15, 0.2) is 0 Å². The summed E-state index contributed by atoms with van der Waals surface area (Å²) in [6, 6.07) is 13.5. The predicted octanol–water partition coefficient (Wildman–Crippen LogP) is 6.28. The van der Waals surface area contributed by atoms with E-state index in [4.69, 9.17) is 27.9 Å². The van der Waals surface area contributed by atoms with E-state index in [0.717, 1.165) is 40.1 Å². The average molecular weight is 427 g/mol. The van der Waals surface area contributed by atoms with E-state index in [0.29, 0.717) is 16.6 Å². The second-order valence-corrected chi connectivity index (χ2v) is 7.36. The molecule has 7 heteroatoms. The lowest BCUT2D eigenvalue weighted by molar-refractivity contribution is 0.419. The Balaban J connectivity index is 1.45. The lowest BCUT2D eigenvalue weighted by Crippen LogP contribution is -2.06. The van der Waals surface area contributed by atoms with Crippen molar-refractivity contribution in [3.63, 3.8) is 0 Å². The predicted molar refractivity (Wildman–Crippen MR) is 121 cm³/mol. The number of hydrogen-bond acceptors (Lipinski definition) is 4. The zero-order chi connectivity index (χ0) is 20.2. The van der Waals surface area contributed by atoms with E-state index in [9.17, 15) is 0 Å². The van der Waals surface area contributed by atoms with Crippen molar-refractivity contribution in [2.45, 2.75) is 6.42 Å². The normalized spacial score (nSPS) is 10.9. The van der Waals surface area contributed by atoms with Gasteiger partial charge in [0.1, 0.15) is 5.75 Å². The Bertz CT molecular complexity index is 1110. The van der Waals surface area contributed by atoms with Gasteiger partial charge in [0.2, 0.25) is 0 Å². The number of pyridine rings is 1. The van der Waals surface area contributed by atoms with Gasteiger partial charge < -0.3 is 20.4 Å². The van der Waals surface area contributed by atoms with Crippen LogP contribution in [0.3, 0.4) is 0 Å². The number of nitrogens with one attached hydrogen (secondary N) is 3. The van der Waals surface area contributed by atoms with Crippen LogP contribution in [0.2, 0.25) is 10.0 Å². The van der Waals surface area contributed by atoms with Gasteiger partial charge in [-0.3, -0.25) is 4.98 Å². The van der Waals surface area contributed by atoms with Crippen molar-refractivity contribution >= 4 is 51.2 Å². The number of aromatic nitrogens is 2. The Morgan fingerprint density at radius 3 is 2.52 bits per heavy atom. The number of benzene rings is 2. The zero-order valence-electron chi connectivity index (χ0n) is 15.8. The Hall–Kier alpha value is -2.89. The molecule has 0 aliphatic carbocycles. The minimum Gasteiger partial charge on any atom is -0.495 e. The van der Waals surface area contributed by atoms with Gasteiger partial charge in [-0.15, -0.1) is 0 Å². The highest BCUT2D eigenvalue weighted by Crippen LogP contribution is 2.35. The molecule has 3 N–H and O–H groups in total. The third-order valence-electron chi connectivity index (χ3n) is 4.69. The van der Waals surface area contributed by atoms with E-state index in [-0.39, 0.29) is 0 Å². The van der Waals surface area contributed by atoms with Crippen LogP contribution in [-0.2, 0) is 6.42 Å². The lowest BCUT2D eigenvalue weighted by atomic mass is 10.1. The number of nitrogens with zero attached hydrogens (tertiary/aromatic N) is 1. The first kappa shape index (κ1) is 19.4. The third-order valence-corrected chi connectivity index (χ3v) is 5.29. The van der Waals surface area contributed by atoms with Crippen LogP contribution in [0.25, 0.3) is 10.9 Å². The van der Waals surface area contributed by atoms with E-state index < -0.39 is 0 Å². The Labute approximate surface area is 179 Å². The number of fused-ring (bicyclic) bond motifs is 1. The van der Waals surface area contributed by atoms with Gasteiger partial charge in [-0.2, -0.15) is 0 Å². The summed E-state index contributed by atoms with van der Waals surface area (Å²) in [5.41, 5.74) is 4.68. The van der Waals surface area contributed by atoms with E-state index in [1.54, 1.807) is 19.5 Å². The van der Waals surface area contributed by atoms with Crippen LogP contribution in [0.4, 0.5) is 17.1 Å². The molecule has 0 unspecified atom stereocenters. The van der Waals surface area contributed by atoms with Crippen LogP contribution in [0, 0.1) is 0 Å². The molecule has 0 aliphatic rings. The molecule has 2 aromatic heterocycles. The first-order valence-corrected chi connectivity index (χ1v) is 9.94. The molecule has 29 heavy (non-hydrogen) atoms. The van der Waals surface area contributed by atoms with Crippen molar-refractivity contribution < 1.29 is 4.74 Å². The molecule has 0 atom stereocenters. The summed E-state index contributed by atoms with van der Waals surface area (Å²) in [7, 11) is 1.67. The number of methoxy groups -OCH3 is 1. The Morgan fingerprint density at radius 1 is 1.03 bits per heavy atom. The number of anilines is 3. The molecule has 0 spiro atoms. The second-order valence-electron chi connectivity index (χ2n) is 6.55. The molecular formula is C22H20Cl2N4O. The fourth-order valence-corrected chi connectivity index (χ4v) is 3.92. The largest absolute Gasteiger partial charge is 0.495 e. The van der Waals surface area contributed by atoms with Crippen molar-refractivity contribution in [3.05, 3.63) is 76.7 Å². The van der Waals surface area contributed by atoms with Gasteiger partial charge >= 0.3 is 0 Å². The molecule has 0 amide bonds. The van der Waals surface area contributed by atoms with Gasteiger partial charge in [-0.25, -0.2) is 0 Å². The smallest absolute Gasteiger partial charge is 0.142 e. The van der Waals surface area contributed by atoms with Gasteiger partial charge in [0.05, 0.1) is 28.4 Å². The number of aromatic amines is 1. The first-order valence-electron chi connectivity index (χ1n) is 9.18. The van der Waals surface area contributed by atoms with Crippen molar-refractivity contribution in [1.82, 2.24) is 9.97 Å². The average Bonchev–Trinajstić information content (AvgIpc) is 3.14. The van der Waals surface area contributed by atoms with Crippen LogP contribution in [0.15, 0.2) is 61.1 Å².